The highest BCUT2D eigenvalue weighted by atomic mass is 16.6. The first-order valence-corrected chi connectivity index (χ1v) is 7.00. The maximum absolute atomic E-state index is 11.8. The number of rotatable bonds is 2. The Morgan fingerprint density at radius 2 is 2.00 bits per heavy atom. The minimum atomic E-state index is -0.452. The smallest absolute Gasteiger partial charge is 0.408 e. The van der Waals surface area contributed by atoms with Gasteiger partial charge < -0.3 is 15.2 Å². The maximum Gasteiger partial charge on any atom is 0.408 e. The molecule has 0 aromatic carbocycles. The summed E-state index contributed by atoms with van der Waals surface area (Å²) in [6.07, 6.45) is 5.40. The van der Waals surface area contributed by atoms with Crippen LogP contribution >= 0.6 is 0 Å². The molecule has 2 unspecified atom stereocenters. The summed E-state index contributed by atoms with van der Waals surface area (Å²) >= 11 is 0. The van der Waals surface area contributed by atoms with Crippen molar-refractivity contribution in [2.75, 3.05) is 0 Å². The van der Waals surface area contributed by atoms with Crippen LogP contribution in [0.2, 0.25) is 0 Å². The van der Waals surface area contributed by atoms with Gasteiger partial charge in [-0.25, -0.2) is 4.79 Å². The molecule has 2 saturated carbocycles. The minimum Gasteiger partial charge on any atom is -0.444 e. The summed E-state index contributed by atoms with van der Waals surface area (Å²) < 4.78 is 5.32. The second-order valence-corrected chi connectivity index (χ2v) is 6.80. The van der Waals surface area contributed by atoms with E-state index >= 15 is 0 Å². The molecule has 4 heteroatoms. The van der Waals surface area contributed by atoms with Gasteiger partial charge >= 0.3 is 6.09 Å². The largest absolute Gasteiger partial charge is 0.444 e. The summed E-state index contributed by atoms with van der Waals surface area (Å²) in [4.78, 5) is 11.8. The van der Waals surface area contributed by atoms with Crippen LogP contribution in [0.15, 0.2) is 0 Å². The highest BCUT2D eigenvalue weighted by Crippen LogP contribution is 2.48. The van der Waals surface area contributed by atoms with Crippen LogP contribution in [0.4, 0.5) is 4.79 Å². The molecule has 2 fully saturated rings. The van der Waals surface area contributed by atoms with Crippen molar-refractivity contribution in [2.24, 2.45) is 5.92 Å². The fourth-order valence-electron chi connectivity index (χ4n) is 2.94. The lowest BCUT2D eigenvalue weighted by atomic mass is 9.81. The minimum absolute atomic E-state index is 0.0935. The number of ether oxygens (including phenoxy) is 1. The van der Waals surface area contributed by atoms with Gasteiger partial charge in [0.2, 0.25) is 0 Å². The predicted octanol–water partition coefficient (Wildman–Crippen LogP) is 2.59. The Balaban J connectivity index is 1.90. The molecule has 0 spiro atoms. The van der Waals surface area contributed by atoms with Crippen molar-refractivity contribution in [1.29, 1.82) is 0 Å². The van der Waals surface area contributed by atoms with Gasteiger partial charge in [0, 0.05) is 5.54 Å². The van der Waals surface area contributed by atoms with Crippen LogP contribution in [0.25, 0.3) is 0 Å². The lowest BCUT2D eigenvalue weighted by Gasteiger charge is -2.34. The SMILES string of the molecule is CC(C)(C)OC(=O)NC1(C2CCCC(O)C2)CC1. The predicted molar refractivity (Wildman–Crippen MR) is 69.3 cm³/mol. The first-order chi connectivity index (χ1) is 8.31. The maximum atomic E-state index is 11.8. The molecule has 1 amide bonds. The zero-order valence-corrected chi connectivity index (χ0v) is 11.7. The van der Waals surface area contributed by atoms with E-state index in [1.165, 1.54) is 0 Å². The van der Waals surface area contributed by atoms with Crippen LogP contribution in [0.5, 0.6) is 0 Å². The van der Waals surface area contributed by atoms with Crippen LogP contribution in [0, 0.1) is 5.92 Å². The number of hydrogen-bond acceptors (Lipinski definition) is 3. The third kappa shape index (κ3) is 3.37. The first kappa shape index (κ1) is 13.7. The van der Waals surface area contributed by atoms with Crippen molar-refractivity contribution in [3.8, 4) is 0 Å². The molecule has 2 rings (SSSR count). The zero-order chi connectivity index (χ0) is 13.4. The Morgan fingerprint density at radius 1 is 1.33 bits per heavy atom. The van der Waals surface area contributed by atoms with E-state index in [0.29, 0.717) is 5.92 Å². The van der Waals surface area contributed by atoms with Gasteiger partial charge in [0.05, 0.1) is 6.10 Å². The van der Waals surface area contributed by atoms with Gasteiger partial charge in [-0.05, 0) is 58.8 Å². The number of alkyl carbamates (subject to hydrolysis) is 1. The zero-order valence-electron chi connectivity index (χ0n) is 11.7. The number of hydrogen-bond donors (Lipinski definition) is 2. The van der Waals surface area contributed by atoms with Gasteiger partial charge in [-0.3, -0.25) is 0 Å². The van der Waals surface area contributed by atoms with Gasteiger partial charge in [-0.15, -0.1) is 0 Å². The molecule has 4 nitrogen and oxygen atoms in total. The Kier molecular flexibility index (Phi) is 3.58. The molecule has 0 aromatic heterocycles. The van der Waals surface area contributed by atoms with Crippen LogP contribution in [0.1, 0.15) is 59.3 Å². The molecule has 2 aliphatic rings. The second-order valence-electron chi connectivity index (χ2n) is 6.80. The molecule has 2 N–H and O–H groups in total. The molecule has 0 radical (unpaired) electrons. The van der Waals surface area contributed by atoms with Crippen molar-refractivity contribution in [2.45, 2.75) is 76.5 Å². The molecule has 0 heterocycles. The van der Waals surface area contributed by atoms with Crippen LogP contribution in [0.3, 0.4) is 0 Å². The third-order valence-corrected chi connectivity index (χ3v) is 3.97. The van der Waals surface area contributed by atoms with E-state index in [4.69, 9.17) is 4.74 Å². The number of amides is 1. The Bertz CT molecular complexity index is 317. The van der Waals surface area contributed by atoms with E-state index in [1.54, 1.807) is 0 Å². The molecule has 0 aliphatic heterocycles. The number of aliphatic hydroxyl groups excluding tert-OH is 1. The molecule has 18 heavy (non-hydrogen) atoms. The average molecular weight is 255 g/mol. The normalized spacial score (nSPS) is 30.7. The van der Waals surface area contributed by atoms with Gasteiger partial charge in [0.25, 0.3) is 0 Å². The quantitative estimate of drug-likeness (QED) is 0.797. The van der Waals surface area contributed by atoms with Crippen molar-refractivity contribution >= 4 is 6.09 Å². The monoisotopic (exact) mass is 255 g/mol. The lowest BCUT2D eigenvalue weighted by Crippen LogP contribution is -2.46. The highest BCUT2D eigenvalue weighted by Gasteiger charge is 2.51. The molecule has 2 aliphatic carbocycles. The van der Waals surface area contributed by atoms with E-state index in [9.17, 15) is 9.90 Å². The molecule has 2 atom stereocenters. The van der Waals surface area contributed by atoms with Gasteiger partial charge in [-0.1, -0.05) is 6.42 Å². The highest BCUT2D eigenvalue weighted by molar-refractivity contribution is 5.69. The third-order valence-electron chi connectivity index (χ3n) is 3.97. The molecule has 0 bridgehead atoms. The fourth-order valence-corrected chi connectivity index (χ4v) is 2.94. The topological polar surface area (TPSA) is 58.6 Å². The molecule has 0 saturated heterocycles. The van der Waals surface area contributed by atoms with Crippen molar-refractivity contribution in [3.63, 3.8) is 0 Å². The van der Waals surface area contributed by atoms with Crippen molar-refractivity contribution in [1.82, 2.24) is 5.32 Å². The summed E-state index contributed by atoms with van der Waals surface area (Å²) in [6, 6.07) is 0. The van der Waals surface area contributed by atoms with E-state index in [-0.39, 0.29) is 17.7 Å². The van der Waals surface area contributed by atoms with Gasteiger partial charge in [0.15, 0.2) is 0 Å². The fraction of sp³-hybridized carbons (Fsp3) is 0.929. The molecule has 104 valence electrons. The van der Waals surface area contributed by atoms with Gasteiger partial charge in [0.1, 0.15) is 5.60 Å². The Morgan fingerprint density at radius 3 is 2.50 bits per heavy atom. The van der Waals surface area contributed by atoms with Crippen molar-refractivity contribution < 1.29 is 14.6 Å². The van der Waals surface area contributed by atoms with E-state index in [0.717, 1.165) is 38.5 Å². The standard InChI is InChI=1S/C14H25NO3/c1-13(2,3)18-12(17)15-14(7-8-14)10-5-4-6-11(16)9-10/h10-11,16H,4-9H2,1-3H3,(H,15,17). The van der Waals surface area contributed by atoms with Gasteiger partial charge in [-0.2, -0.15) is 0 Å². The summed E-state index contributed by atoms with van der Waals surface area (Å²) in [5.74, 6) is 0.411. The second kappa shape index (κ2) is 4.72. The Labute approximate surface area is 109 Å². The summed E-state index contributed by atoms with van der Waals surface area (Å²) in [6.45, 7) is 5.61. The molecular formula is C14H25NO3. The molecule has 0 aromatic rings. The van der Waals surface area contributed by atoms with E-state index in [1.807, 2.05) is 20.8 Å². The summed E-state index contributed by atoms with van der Waals surface area (Å²) in [5.41, 5.74) is -0.546. The van der Waals surface area contributed by atoms with E-state index < -0.39 is 5.60 Å². The van der Waals surface area contributed by atoms with Crippen LogP contribution < -0.4 is 5.32 Å². The summed E-state index contributed by atoms with van der Waals surface area (Å²) in [5, 5.41) is 12.8. The number of carbonyl (C=O) groups excluding carboxylic acids is 1. The number of carbonyl (C=O) groups is 1. The van der Waals surface area contributed by atoms with E-state index in [2.05, 4.69) is 5.32 Å². The average Bonchev–Trinajstić information content (AvgIpc) is 2.95. The van der Waals surface area contributed by atoms with Crippen LogP contribution in [-0.4, -0.2) is 28.4 Å². The number of aliphatic hydroxyl groups is 1. The summed E-state index contributed by atoms with van der Waals surface area (Å²) in [7, 11) is 0. The lowest BCUT2D eigenvalue weighted by molar-refractivity contribution is 0.0404. The first-order valence-electron chi connectivity index (χ1n) is 7.00. The molecular weight excluding hydrogens is 230 g/mol. The van der Waals surface area contributed by atoms with Crippen molar-refractivity contribution in [3.05, 3.63) is 0 Å². The Hall–Kier alpha value is -0.770. The number of nitrogens with one attached hydrogen (secondary N) is 1. The van der Waals surface area contributed by atoms with Crippen LogP contribution in [-0.2, 0) is 4.74 Å².